The van der Waals surface area contributed by atoms with E-state index in [1.54, 1.807) is 0 Å². The molecule has 0 saturated heterocycles. The lowest BCUT2D eigenvalue weighted by atomic mass is 10.1. The van der Waals surface area contributed by atoms with Crippen molar-refractivity contribution in [2.24, 2.45) is 0 Å². The molecular formula is C32H33N3O2. The molecule has 5 aromatic rings. The number of nitrogens with zero attached hydrogens (tertiary/aromatic N) is 2. The second-order valence-electron chi connectivity index (χ2n) is 9.38. The van der Waals surface area contributed by atoms with Gasteiger partial charge in [0.2, 0.25) is 0 Å². The van der Waals surface area contributed by atoms with Crippen molar-refractivity contribution in [3.63, 3.8) is 0 Å². The molecule has 0 aliphatic rings. The van der Waals surface area contributed by atoms with E-state index in [4.69, 9.17) is 9.72 Å². The molecule has 0 saturated carbocycles. The van der Waals surface area contributed by atoms with Crippen LogP contribution in [0.4, 0.5) is 0 Å². The predicted octanol–water partition coefficient (Wildman–Crippen LogP) is 6.72. The van der Waals surface area contributed by atoms with Gasteiger partial charge in [0, 0.05) is 23.9 Å². The molecule has 4 aromatic carbocycles. The van der Waals surface area contributed by atoms with Gasteiger partial charge in [-0.1, -0.05) is 73.2 Å². The van der Waals surface area contributed by atoms with Crippen molar-refractivity contribution in [2.75, 3.05) is 13.2 Å². The van der Waals surface area contributed by atoms with Crippen LogP contribution in [0.2, 0.25) is 0 Å². The standard InChI is InChI=1S/C32H33N3O2/c1-24-12-4-6-15-26(24)32(36)33-21-10-2-3-20-31-34-28-17-8-9-18-29(28)35(31)22-23-37-30-19-11-14-25-13-5-7-16-27(25)30/h4-9,11-19H,2-3,10,20-23H2,1H3,(H,33,36). The van der Waals surface area contributed by atoms with E-state index in [0.29, 0.717) is 13.2 Å². The molecule has 1 N–H and O–H groups in total. The minimum absolute atomic E-state index is 0.00564. The van der Waals surface area contributed by atoms with Gasteiger partial charge in [-0.15, -0.1) is 0 Å². The number of fused-ring (bicyclic) bond motifs is 2. The monoisotopic (exact) mass is 491 g/mol. The third-order valence-electron chi connectivity index (χ3n) is 6.81. The minimum Gasteiger partial charge on any atom is -0.491 e. The Morgan fingerprint density at radius 3 is 2.57 bits per heavy atom. The quantitative estimate of drug-likeness (QED) is 0.209. The number of ether oxygens (including phenoxy) is 1. The highest BCUT2D eigenvalue weighted by atomic mass is 16.5. The van der Waals surface area contributed by atoms with Crippen molar-refractivity contribution in [2.45, 2.75) is 39.2 Å². The largest absolute Gasteiger partial charge is 0.491 e. The third-order valence-corrected chi connectivity index (χ3v) is 6.81. The Kier molecular flexibility index (Phi) is 7.80. The molecule has 1 amide bonds. The van der Waals surface area contributed by atoms with Crippen molar-refractivity contribution in [1.82, 2.24) is 14.9 Å². The molecule has 5 heteroatoms. The number of imidazole rings is 1. The Balaban J connectivity index is 1.16. The van der Waals surface area contributed by atoms with Gasteiger partial charge in [0.15, 0.2) is 0 Å². The van der Waals surface area contributed by atoms with Crippen molar-refractivity contribution < 1.29 is 9.53 Å². The summed E-state index contributed by atoms with van der Waals surface area (Å²) in [5, 5.41) is 5.37. The molecule has 0 fully saturated rings. The molecule has 0 radical (unpaired) electrons. The molecule has 1 aromatic heterocycles. The van der Waals surface area contributed by atoms with Gasteiger partial charge in [0.05, 0.1) is 17.6 Å². The van der Waals surface area contributed by atoms with E-state index in [0.717, 1.165) is 71.3 Å². The highest BCUT2D eigenvalue weighted by Crippen LogP contribution is 2.25. The van der Waals surface area contributed by atoms with Gasteiger partial charge >= 0.3 is 0 Å². The number of carbonyl (C=O) groups excluding carboxylic acids is 1. The van der Waals surface area contributed by atoms with Crippen LogP contribution in [0.3, 0.4) is 0 Å². The Hall–Kier alpha value is -4.12. The Morgan fingerprint density at radius 2 is 1.65 bits per heavy atom. The molecule has 5 rings (SSSR count). The van der Waals surface area contributed by atoms with Crippen LogP contribution in [-0.4, -0.2) is 28.6 Å². The van der Waals surface area contributed by atoms with E-state index in [-0.39, 0.29) is 5.91 Å². The minimum atomic E-state index is 0.00564. The summed E-state index contributed by atoms with van der Waals surface area (Å²) in [6.07, 6.45) is 3.90. The first kappa shape index (κ1) is 24.6. The maximum absolute atomic E-state index is 12.4. The molecule has 37 heavy (non-hydrogen) atoms. The fourth-order valence-electron chi connectivity index (χ4n) is 4.84. The van der Waals surface area contributed by atoms with Gasteiger partial charge in [-0.05, 0) is 55.0 Å². The van der Waals surface area contributed by atoms with Crippen LogP contribution in [0.15, 0.2) is 91.0 Å². The number of aryl methyl sites for hydroxylation is 2. The first-order valence-corrected chi connectivity index (χ1v) is 13.1. The van der Waals surface area contributed by atoms with Crippen LogP contribution in [-0.2, 0) is 13.0 Å². The lowest BCUT2D eigenvalue weighted by Crippen LogP contribution is -2.25. The summed E-state index contributed by atoms with van der Waals surface area (Å²) >= 11 is 0. The number of para-hydroxylation sites is 2. The molecule has 0 aliphatic carbocycles. The van der Waals surface area contributed by atoms with E-state index in [2.05, 4.69) is 46.3 Å². The van der Waals surface area contributed by atoms with Crippen LogP contribution >= 0.6 is 0 Å². The van der Waals surface area contributed by atoms with E-state index in [9.17, 15) is 4.79 Å². The first-order chi connectivity index (χ1) is 18.2. The molecule has 5 nitrogen and oxygen atoms in total. The molecule has 0 aliphatic heterocycles. The van der Waals surface area contributed by atoms with E-state index < -0.39 is 0 Å². The van der Waals surface area contributed by atoms with Crippen LogP contribution < -0.4 is 10.1 Å². The van der Waals surface area contributed by atoms with Gasteiger partial charge in [-0.25, -0.2) is 4.98 Å². The van der Waals surface area contributed by atoms with Gasteiger partial charge < -0.3 is 14.6 Å². The smallest absolute Gasteiger partial charge is 0.251 e. The fraction of sp³-hybridized carbons (Fsp3) is 0.250. The van der Waals surface area contributed by atoms with E-state index >= 15 is 0 Å². The summed E-state index contributed by atoms with van der Waals surface area (Å²) in [6.45, 7) is 3.97. The van der Waals surface area contributed by atoms with Crippen molar-refractivity contribution in [1.29, 1.82) is 0 Å². The SMILES string of the molecule is Cc1ccccc1C(=O)NCCCCCc1nc2ccccc2n1CCOc1cccc2ccccc12. The molecule has 1 heterocycles. The van der Waals surface area contributed by atoms with Gasteiger partial charge in [0.25, 0.3) is 5.91 Å². The van der Waals surface area contributed by atoms with Gasteiger partial charge in [0.1, 0.15) is 18.2 Å². The summed E-state index contributed by atoms with van der Waals surface area (Å²) < 4.78 is 8.52. The van der Waals surface area contributed by atoms with E-state index in [1.165, 1.54) is 5.39 Å². The second-order valence-corrected chi connectivity index (χ2v) is 9.38. The number of hydrogen-bond donors (Lipinski definition) is 1. The normalized spacial score (nSPS) is 11.2. The molecule has 0 atom stereocenters. The van der Waals surface area contributed by atoms with Crippen molar-refractivity contribution in [3.8, 4) is 5.75 Å². The van der Waals surface area contributed by atoms with Gasteiger partial charge in [-0.2, -0.15) is 0 Å². The lowest BCUT2D eigenvalue weighted by Gasteiger charge is -2.12. The Bertz CT molecular complexity index is 1500. The molecule has 0 bridgehead atoms. The van der Waals surface area contributed by atoms with Crippen LogP contribution in [0.5, 0.6) is 5.75 Å². The molecule has 0 spiro atoms. The lowest BCUT2D eigenvalue weighted by molar-refractivity contribution is 0.0952. The van der Waals surface area contributed by atoms with Crippen LogP contribution in [0.25, 0.3) is 21.8 Å². The number of nitrogens with one attached hydrogen (secondary N) is 1. The van der Waals surface area contributed by atoms with Crippen molar-refractivity contribution >= 4 is 27.7 Å². The highest BCUT2D eigenvalue weighted by Gasteiger charge is 2.11. The number of benzene rings is 4. The third kappa shape index (κ3) is 5.83. The number of amides is 1. The average Bonchev–Trinajstić information content (AvgIpc) is 3.28. The van der Waals surface area contributed by atoms with Gasteiger partial charge in [-0.3, -0.25) is 4.79 Å². The maximum Gasteiger partial charge on any atom is 0.251 e. The fourth-order valence-corrected chi connectivity index (χ4v) is 4.84. The summed E-state index contributed by atoms with van der Waals surface area (Å²) in [4.78, 5) is 17.3. The average molecular weight is 492 g/mol. The zero-order valence-electron chi connectivity index (χ0n) is 21.3. The number of rotatable bonds is 11. The summed E-state index contributed by atoms with van der Waals surface area (Å²) in [5.74, 6) is 2.01. The number of carbonyl (C=O) groups is 1. The number of aromatic nitrogens is 2. The van der Waals surface area contributed by atoms with Crippen LogP contribution in [0, 0.1) is 6.92 Å². The first-order valence-electron chi connectivity index (χ1n) is 13.1. The molecule has 0 unspecified atom stereocenters. The topological polar surface area (TPSA) is 56.2 Å². The predicted molar refractivity (Wildman–Crippen MR) is 150 cm³/mol. The Morgan fingerprint density at radius 1 is 0.865 bits per heavy atom. The highest BCUT2D eigenvalue weighted by molar-refractivity contribution is 5.95. The zero-order valence-corrected chi connectivity index (χ0v) is 21.3. The zero-order chi connectivity index (χ0) is 25.5. The summed E-state index contributed by atoms with van der Waals surface area (Å²) in [7, 11) is 0. The van der Waals surface area contributed by atoms with Crippen molar-refractivity contribution in [3.05, 3.63) is 108 Å². The number of unbranched alkanes of at least 4 members (excludes halogenated alkanes) is 2. The molecule has 188 valence electrons. The summed E-state index contributed by atoms with van der Waals surface area (Å²) in [6, 6.07) is 30.5. The Labute approximate surface area is 218 Å². The van der Waals surface area contributed by atoms with Crippen LogP contribution in [0.1, 0.15) is 41.0 Å². The maximum atomic E-state index is 12.4. The second kappa shape index (κ2) is 11.7. The molecular weight excluding hydrogens is 458 g/mol. The van der Waals surface area contributed by atoms with E-state index in [1.807, 2.05) is 61.5 Å². The number of hydrogen-bond acceptors (Lipinski definition) is 3. The summed E-state index contributed by atoms with van der Waals surface area (Å²) in [5.41, 5.74) is 3.92.